The zero-order valence-electron chi connectivity index (χ0n) is 22.5. The molecule has 0 fully saturated rings. The summed E-state index contributed by atoms with van der Waals surface area (Å²) in [6.07, 6.45) is 0.663. The van der Waals surface area contributed by atoms with Crippen molar-refractivity contribution in [1.82, 2.24) is 0 Å². The van der Waals surface area contributed by atoms with E-state index < -0.39 is 44.6 Å². The van der Waals surface area contributed by atoms with E-state index in [2.05, 4.69) is 0 Å². The number of nitro benzene ring substituents is 2. The maximum Gasteiger partial charge on any atom is 0.415 e. The number of carbonyl (C=O) groups excluding carboxylic acids is 2. The minimum absolute atomic E-state index is 0.0743. The number of amides is 2. The number of benzene rings is 1. The summed E-state index contributed by atoms with van der Waals surface area (Å²) in [6.45, 7) is 13.9. The number of nitrogens with zero attached hydrogens (tertiary/aromatic N) is 4. The van der Waals surface area contributed by atoms with Crippen LogP contribution in [0.1, 0.15) is 81.1 Å². The van der Waals surface area contributed by atoms with E-state index in [9.17, 15) is 29.8 Å². The highest BCUT2D eigenvalue weighted by Crippen LogP contribution is 2.41. The van der Waals surface area contributed by atoms with Gasteiger partial charge in [0.2, 0.25) is 0 Å². The zero-order valence-corrected chi connectivity index (χ0v) is 22.5. The third-order valence-electron chi connectivity index (χ3n) is 4.75. The summed E-state index contributed by atoms with van der Waals surface area (Å²) in [5, 5.41) is 23.9. The van der Waals surface area contributed by atoms with Gasteiger partial charge in [-0.2, -0.15) is 0 Å². The van der Waals surface area contributed by atoms with E-state index >= 15 is 0 Å². The van der Waals surface area contributed by atoms with Crippen LogP contribution in [-0.4, -0.2) is 46.3 Å². The summed E-state index contributed by atoms with van der Waals surface area (Å²) in [5.74, 6) is 0. The van der Waals surface area contributed by atoms with E-state index in [0.29, 0.717) is 25.7 Å². The van der Waals surface area contributed by atoms with E-state index in [0.717, 1.165) is 21.9 Å². The third-order valence-corrected chi connectivity index (χ3v) is 4.75. The minimum Gasteiger partial charge on any atom is -0.443 e. The first-order valence-electron chi connectivity index (χ1n) is 12.0. The van der Waals surface area contributed by atoms with Gasteiger partial charge in [0.25, 0.3) is 11.4 Å². The molecule has 0 heterocycles. The van der Waals surface area contributed by atoms with Crippen LogP contribution < -0.4 is 9.80 Å². The second-order valence-corrected chi connectivity index (χ2v) is 10.3. The lowest BCUT2D eigenvalue weighted by molar-refractivity contribution is -0.393. The fourth-order valence-corrected chi connectivity index (χ4v) is 3.17. The van der Waals surface area contributed by atoms with E-state index in [4.69, 9.17) is 9.47 Å². The van der Waals surface area contributed by atoms with Crippen molar-refractivity contribution >= 4 is 34.9 Å². The van der Waals surface area contributed by atoms with Crippen molar-refractivity contribution in [3.8, 4) is 0 Å². The first-order chi connectivity index (χ1) is 16.5. The van der Waals surface area contributed by atoms with Crippen molar-refractivity contribution in [2.24, 2.45) is 0 Å². The Bertz CT molecular complexity index is 893. The second-order valence-electron chi connectivity index (χ2n) is 10.3. The van der Waals surface area contributed by atoms with E-state index in [-0.39, 0.29) is 24.5 Å². The molecule has 0 unspecified atom stereocenters. The van der Waals surface area contributed by atoms with Crippen molar-refractivity contribution in [2.75, 3.05) is 22.9 Å². The molecule has 1 aromatic rings. The SMILES string of the molecule is CCCCN(C(=O)OC(C)(C)C)c1cc(N(CCCC)C(=O)OC(C)(C)C)c([N+](=O)[O-])cc1[N+](=O)[O-]. The van der Waals surface area contributed by atoms with Gasteiger partial charge in [-0.1, -0.05) is 26.7 Å². The lowest BCUT2D eigenvalue weighted by Gasteiger charge is -2.29. The van der Waals surface area contributed by atoms with Crippen LogP contribution in [0.5, 0.6) is 0 Å². The Labute approximate surface area is 211 Å². The van der Waals surface area contributed by atoms with Crippen LogP contribution in [0.4, 0.5) is 32.3 Å². The van der Waals surface area contributed by atoms with Crippen LogP contribution in [0.2, 0.25) is 0 Å². The number of hydrogen-bond acceptors (Lipinski definition) is 8. The fourth-order valence-electron chi connectivity index (χ4n) is 3.17. The molecule has 1 rings (SSSR count). The molecule has 0 aliphatic heterocycles. The largest absolute Gasteiger partial charge is 0.443 e. The highest BCUT2D eigenvalue weighted by Gasteiger charge is 2.36. The molecule has 0 N–H and O–H groups in total. The van der Waals surface area contributed by atoms with E-state index in [1.165, 1.54) is 0 Å². The number of unbranched alkanes of at least 4 members (excludes halogenated alkanes) is 2. The Morgan fingerprint density at radius 2 is 1.08 bits per heavy atom. The number of hydrogen-bond donors (Lipinski definition) is 0. The number of rotatable bonds is 10. The van der Waals surface area contributed by atoms with Gasteiger partial charge in [-0.15, -0.1) is 0 Å². The average Bonchev–Trinajstić information content (AvgIpc) is 2.71. The highest BCUT2D eigenvalue weighted by atomic mass is 16.6. The number of carbonyl (C=O) groups is 2. The van der Waals surface area contributed by atoms with Crippen LogP contribution in [0, 0.1) is 20.2 Å². The third kappa shape index (κ3) is 8.97. The van der Waals surface area contributed by atoms with Crippen LogP contribution in [0.25, 0.3) is 0 Å². The smallest absolute Gasteiger partial charge is 0.415 e. The van der Waals surface area contributed by atoms with Crippen LogP contribution >= 0.6 is 0 Å². The predicted octanol–water partition coefficient (Wildman–Crippen LogP) is 6.59. The van der Waals surface area contributed by atoms with E-state index in [1.54, 1.807) is 41.5 Å². The van der Waals surface area contributed by atoms with Gasteiger partial charge in [-0.05, 0) is 60.5 Å². The monoisotopic (exact) mass is 510 g/mol. The van der Waals surface area contributed by atoms with E-state index in [1.807, 2.05) is 13.8 Å². The van der Waals surface area contributed by atoms with Crippen molar-refractivity contribution < 1.29 is 28.9 Å². The number of nitro groups is 2. The molecule has 0 saturated heterocycles. The highest BCUT2D eigenvalue weighted by molar-refractivity contribution is 5.97. The lowest BCUT2D eigenvalue weighted by atomic mass is 10.1. The Hall–Kier alpha value is -3.44. The molecule has 202 valence electrons. The summed E-state index contributed by atoms with van der Waals surface area (Å²) in [7, 11) is 0. The normalized spacial score (nSPS) is 11.6. The van der Waals surface area contributed by atoms with Crippen molar-refractivity contribution in [3.63, 3.8) is 0 Å². The summed E-state index contributed by atoms with van der Waals surface area (Å²) in [4.78, 5) is 50.7. The first kappa shape index (κ1) is 30.6. The maximum absolute atomic E-state index is 13.1. The minimum atomic E-state index is -0.885. The molecule has 12 heteroatoms. The Balaban J connectivity index is 3.89. The number of anilines is 2. The topological polar surface area (TPSA) is 145 Å². The van der Waals surface area contributed by atoms with Crippen LogP contribution in [-0.2, 0) is 9.47 Å². The van der Waals surface area contributed by atoms with Gasteiger partial charge >= 0.3 is 12.2 Å². The van der Waals surface area contributed by atoms with Gasteiger partial charge in [0, 0.05) is 13.1 Å². The van der Waals surface area contributed by atoms with Gasteiger partial charge in [0.15, 0.2) is 0 Å². The molecule has 0 spiro atoms. The molecular weight excluding hydrogens is 472 g/mol. The van der Waals surface area contributed by atoms with Crippen molar-refractivity contribution in [2.45, 2.75) is 92.3 Å². The van der Waals surface area contributed by atoms with Crippen molar-refractivity contribution in [3.05, 3.63) is 32.4 Å². The Kier molecular flexibility index (Phi) is 10.6. The molecule has 36 heavy (non-hydrogen) atoms. The van der Waals surface area contributed by atoms with Crippen molar-refractivity contribution in [1.29, 1.82) is 0 Å². The van der Waals surface area contributed by atoms with Gasteiger partial charge in [0.1, 0.15) is 22.6 Å². The van der Waals surface area contributed by atoms with Crippen LogP contribution in [0.15, 0.2) is 12.1 Å². The molecule has 0 aliphatic carbocycles. The van der Waals surface area contributed by atoms with Gasteiger partial charge in [-0.25, -0.2) is 9.59 Å². The average molecular weight is 511 g/mol. The molecule has 0 aromatic heterocycles. The molecule has 0 atom stereocenters. The Morgan fingerprint density at radius 1 is 0.750 bits per heavy atom. The lowest BCUT2D eigenvalue weighted by Crippen LogP contribution is -2.39. The maximum atomic E-state index is 13.1. The summed E-state index contributed by atoms with van der Waals surface area (Å²) in [6, 6.07) is 1.91. The van der Waals surface area contributed by atoms with Crippen LogP contribution in [0.3, 0.4) is 0 Å². The first-order valence-corrected chi connectivity index (χ1v) is 12.0. The van der Waals surface area contributed by atoms with Gasteiger partial charge < -0.3 is 9.47 Å². The second kappa shape index (κ2) is 12.5. The molecule has 2 amide bonds. The molecule has 0 aliphatic rings. The molecule has 0 bridgehead atoms. The standard InChI is InChI=1S/C24H38N4O8/c1-9-11-13-25(21(29)35-23(3,4)5)17-15-18(20(28(33)34)16-19(17)27(31)32)26(14-12-10-2)22(30)36-24(6,7)8/h15-16H,9-14H2,1-8H3. The predicted molar refractivity (Wildman–Crippen MR) is 137 cm³/mol. The summed E-state index contributed by atoms with van der Waals surface area (Å²) in [5.41, 5.74) is -3.46. The summed E-state index contributed by atoms with van der Waals surface area (Å²) < 4.78 is 10.9. The molecule has 0 radical (unpaired) electrons. The van der Waals surface area contributed by atoms with Gasteiger partial charge in [0.05, 0.1) is 15.9 Å². The number of ether oxygens (including phenoxy) is 2. The Morgan fingerprint density at radius 3 is 1.33 bits per heavy atom. The molecular formula is C24H38N4O8. The molecule has 12 nitrogen and oxygen atoms in total. The fraction of sp³-hybridized carbons (Fsp3) is 0.667. The summed E-state index contributed by atoms with van der Waals surface area (Å²) >= 11 is 0. The van der Waals surface area contributed by atoms with Gasteiger partial charge in [-0.3, -0.25) is 30.0 Å². The molecule has 0 saturated carbocycles. The zero-order chi connectivity index (χ0) is 27.8. The quantitative estimate of drug-likeness (QED) is 0.253. The molecule has 1 aromatic carbocycles.